The molecule has 4 nitrogen and oxygen atoms in total. The lowest BCUT2D eigenvalue weighted by molar-refractivity contribution is 0.740. The summed E-state index contributed by atoms with van der Waals surface area (Å²) in [7, 11) is 0. The molecule has 3 aromatic rings. The smallest absolute Gasteiger partial charge is 0.172 e. The summed E-state index contributed by atoms with van der Waals surface area (Å²) in [5, 5.41) is 8.16. The predicted octanol–water partition coefficient (Wildman–Crippen LogP) is 5.45. The first-order valence-electron chi connectivity index (χ1n) is 8.21. The Hall–Kier alpha value is -1.15. The number of aromatic nitrogens is 3. The minimum Gasteiger partial charge on any atom is -0.367 e. The maximum atomic E-state index is 4.86. The van der Waals surface area contributed by atoms with Crippen molar-refractivity contribution >= 4 is 50.0 Å². The molecule has 1 N–H and O–H groups in total. The van der Waals surface area contributed by atoms with Gasteiger partial charge in [0.25, 0.3) is 0 Å². The van der Waals surface area contributed by atoms with Crippen LogP contribution in [0.1, 0.15) is 31.2 Å². The fourth-order valence-electron chi connectivity index (χ4n) is 3.34. The Morgan fingerprint density at radius 3 is 2.83 bits per heavy atom. The van der Waals surface area contributed by atoms with Crippen LogP contribution in [0.4, 0.5) is 5.82 Å². The Kier molecular flexibility index (Phi) is 4.76. The van der Waals surface area contributed by atoms with Gasteiger partial charge < -0.3 is 5.32 Å². The van der Waals surface area contributed by atoms with Gasteiger partial charge in [0.05, 0.1) is 16.4 Å². The van der Waals surface area contributed by atoms with Crippen molar-refractivity contribution in [2.45, 2.75) is 36.2 Å². The summed E-state index contributed by atoms with van der Waals surface area (Å²) in [5.74, 6) is 1.02. The van der Waals surface area contributed by atoms with E-state index in [1.807, 2.05) is 10.7 Å². The molecular formula is C18H18BrIN4. The molecule has 0 unspecified atom stereocenters. The maximum absolute atomic E-state index is 4.86. The minimum absolute atomic E-state index is 0.534. The van der Waals surface area contributed by atoms with Crippen molar-refractivity contribution in [2.24, 2.45) is 0 Å². The van der Waals surface area contributed by atoms with E-state index >= 15 is 0 Å². The summed E-state index contributed by atoms with van der Waals surface area (Å²) in [5.41, 5.74) is 4.35. The lowest BCUT2D eigenvalue weighted by atomic mass is 10.1. The number of nitrogens with zero attached hydrogens (tertiary/aromatic N) is 3. The molecule has 0 aliphatic heterocycles. The largest absolute Gasteiger partial charge is 0.367 e. The Labute approximate surface area is 163 Å². The summed E-state index contributed by atoms with van der Waals surface area (Å²) >= 11 is 5.99. The van der Waals surface area contributed by atoms with Gasteiger partial charge in [0.15, 0.2) is 5.65 Å². The van der Waals surface area contributed by atoms with Crippen molar-refractivity contribution in [1.82, 2.24) is 14.6 Å². The number of hydrogen-bond donors (Lipinski definition) is 1. The summed E-state index contributed by atoms with van der Waals surface area (Å²) in [6.45, 7) is 0. The number of benzene rings is 1. The zero-order valence-corrected chi connectivity index (χ0v) is 16.9. The molecule has 1 aromatic carbocycles. The van der Waals surface area contributed by atoms with E-state index in [0.29, 0.717) is 6.04 Å². The lowest BCUT2D eigenvalue weighted by Crippen LogP contribution is -2.17. The molecule has 0 bridgehead atoms. The molecule has 0 radical (unpaired) electrons. The highest BCUT2D eigenvalue weighted by Crippen LogP contribution is 2.30. The van der Waals surface area contributed by atoms with Crippen LogP contribution < -0.4 is 5.32 Å². The van der Waals surface area contributed by atoms with Crippen LogP contribution in [-0.4, -0.2) is 20.6 Å². The van der Waals surface area contributed by atoms with Crippen molar-refractivity contribution in [2.75, 3.05) is 5.32 Å². The molecule has 6 heteroatoms. The van der Waals surface area contributed by atoms with E-state index in [1.54, 1.807) is 0 Å². The van der Waals surface area contributed by atoms with E-state index in [0.717, 1.165) is 26.1 Å². The highest BCUT2D eigenvalue weighted by Gasteiger charge is 2.18. The quantitative estimate of drug-likeness (QED) is 0.386. The molecule has 1 fully saturated rings. The first kappa shape index (κ1) is 16.3. The molecule has 4 rings (SSSR count). The van der Waals surface area contributed by atoms with Crippen molar-refractivity contribution in [3.05, 3.63) is 46.6 Å². The molecule has 2 heterocycles. The number of anilines is 1. The Morgan fingerprint density at radius 2 is 2.04 bits per heavy atom. The second-order valence-electron chi connectivity index (χ2n) is 6.17. The average Bonchev–Trinajstić information content (AvgIpc) is 3.25. The van der Waals surface area contributed by atoms with Gasteiger partial charge in [-0.3, -0.25) is 0 Å². The summed E-state index contributed by atoms with van der Waals surface area (Å²) in [6, 6.07) is 11.1. The van der Waals surface area contributed by atoms with Gasteiger partial charge in [-0.1, -0.05) is 59.7 Å². The maximum Gasteiger partial charge on any atom is 0.172 e. The third-order valence-electron chi connectivity index (χ3n) is 4.57. The first-order valence-corrected chi connectivity index (χ1v) is 10.5. The molecule has 1 saturated carbocycles. The molecule has 0 amide bonds. The molecule has 2 aromatic heterocycles. The molecule has 1 aliphatic carbocycles. The number of nitrogens with one attached hydrogen (secondary N) is 1. The van der Waals surface area contributed by atoms with Crippen LogP contribution in [0.3, 0.4) is 0 Å². The Bertz CT molecular complexity index is 871. The summed E-state index contributed by atoms with van der Waals surface area (Å²) in [4.78, 5) is 4.86. The van der Waals surface area contributed by atoms with E-state index in [2.05, 4.69) is 79.3 Å². The summed E-state index contributed by atoms with van der Waals surface area (Å²) in [6.07, 6.45) is 6.88. The number of fused-ring (bicyclic) bond motifs is 1. The van der Waals surface area contributed by atoms with Gasteiger partial charge in [-0.25, -0.2) is 4.98 Å². The minimum atomic E-state index is 0.534. The summed E-state index contributed by atoms with van der Waals surface area (Å²) < 4.78 is 3.79. The molecular weight excluding hydrogens is 479 g/mol. The van der Waals surface area contributed by atoms with Crippen LogP contribution in [-0.2, 0) is 4.43 Å². The molecule has 0 saturated heterocycles. The Balaban J connectivity index is 1.85. The van der Waals surface area contributed by atoms with Crippen LogP contribution in [0.5, 0.6) is 0 Å². The van der Waals surface area contributed by atoms with E-state index in [4.69, 9.17) is 4.98 Å². The molecule has 24 heavy (non-hydrogen) atoms. The van der Waals surface area contributed by atoms with Crippen molar-refractivity contribution in [3.63, 3.8) is 0 Å². The molecule has 0 atom stereocenters. The molecule has 124 valence electrons. The van der Waals surface area contributed by atoms with E-state index in [1.165, 1.54) is 36.8 Å². The highest BCUT2D eigenvalue weighted by atomic mass is 127. The van der Waals surface area contributed by atoms with Crippen LogP contribution in [0.25, 0.3) is 16.9 Å². The van der Waals surface area contributed by atoms with Crippen molar-refractivity contribution in [3.8, 4) is 11.3 Å². The van der Waals surface area contributed by atoms with Gasteiger partial charge in [0.1, 0.15) is 5.82 Å². The van der Waals surface area contributed by atoms with E-state index in [-0.39, 0.29) is 0 Å². The fourth-order valence-corrected chi connectivity index (χ4v) is 4.36. The highest BCUT2D eigenvalue weighted by molar-refractivity contribution is 14.1. The number of alkyl halides is 1. The molecule has 1 aliphatic rings. The average molecular weight is 497 g/mol. The number of hydrogen-bond acceptors (Lipinski definition) is 3. The standard InChI is InChI=1S/C18H18BrIN4/c19-15-11-21-24-17(22-13-6-2-3-7-13)9-16(23-18(15)24)14-8-4-1-5-12(14)10-20/h1,4-5,8-9,11,13,22H,2-3,6-7,10H2. The van der Waals surface area contributed by atoms with Gasteiger partial charge in [-0.15, -0.1) is 0 Å². The lowest BCUT2D eigenvalue weighted by Gasteiger charge is -2.16. The zero-order valence-electron chi connectivity index (χ0n) is 13.2. The van der Waals surface area contributed by atoms with Crippen molar-refractivity contribution < 1.29 is 0 Å². The SMILES string of the molecule is Brc1cnn2c(NC3CCCC3)cc(-c3ccccc3CI)nc12. The van der Waals surface area contributed by atoms with Gasteiger partial charge >= 0.3 is 0 Å². The third kappa shape index (κ3) is 3.06. The third-order valence-corrected chi connectivity index (χ3v) is 5.95. The topological polar surface area (TPSA) is 42.2 Å². The number of rotatable bonds is 4. The van der Waals surface area contributed by atoms with Crippen molar-refractivity contribution in [1.29, 1.82) is 0 Å². The van der Waals surface area contributed by atoms with Gasteiger partial charge in [0.2, 0.25) is 0 Å². The van der Waals surface area contributed by atoms with E-state index < -0.39 is 0 Å². The van der Waals surface area contributed by atoms with Gasteiger partial charge in [-0.2, -0.15) is 9.61 Å². The Morgan fingerprint density at radius 1 is 1.25 bits per heavy atom. The predicted molar refractivity (Wildman–Crippen MR) is 110 cm³/mol. The number of halogens is 2. The van der Waals surface area contributed by atoms with Crippen LogP contribution in [0.2, 0.25) is 0 Å². The molecule has 0 spiro atoms. The normalized spacial score (nSPS) is 15.2. The van der Waals surface area contributed by atoms with Gasteiger partial charge in [0, 0.05) is 22.1 Å². The first-order chi connectivity index (χ1) is 11.8. The van der Waals surface area contributed by atoms with Crippen LogP contribution in [0, 0.1) is 0 Å². The second kappa shape index (κ2) is 7.00. The monoisotopic (exact) mass is 496 g/mol. The van der Waals surface area contributed by atoms with E-state index in [9.17, 15) is 0 Å². The van der Waals surface area contributed by atoms with Gasteiger partial charge in [-0.05, 0) is 34.3 Å². The van der Waals surface area contributed by atoms with Crippen LogP contribution in [0.15, 0.2) is 41.0 Å². The van der Waals surface area contributed by atoms with Crippen LogP contribution >= 0.6 is 38.5 Å². The second-order valence-corrected chi connectivity index (χ2v) is 7.79. The zero-order chi connectivity index (χ0) is 16.5. The fraction of sp³-hybridized carbons (Fsp3) is 0.333.